The number of aromatic nitrogens is 1. The first-order chi connectivity index (χ1) is 13.5. The molecule has 0 unspecified atom stereocenters. The summed E-state index contributed by atoms with van der Waals surface area (Å²) in [4.78, 5) is 4.20. The lowest BCUT2D eigenvalue weighted by Crippen LogP contribution is -2.01. The summed E-state index contributed by atoms with van der Waals surface area (Å²) in [6.45, 7) is 6.82. The topological polar surface area (TPSA) is 78.9 Å². The van der Waals surface area contributed by atoms with E-state index in [-0.39, 0.29) is 33.9 Å². The van der Waals surface area contributed by atoms with Crippen LogP contribution < -0.4 is 4.74 Å². The van der Waals surface area contributed by atoms with Crippen molar-refractivity contribution < 1.29 is 18.3 Å². The number of benzene rings is 1. The molecule has 28 heavy (non-hydrogen) atoms. The molecule has 140 valence electrons. The number of nitriles is 2. The number of hydrogen-bond acceptors (Lipinski definition) is 5. The quantitative estimate of drug-likeness (QED) is 0.408. The van der Waals surface area contributed by atoms with Crippen LogP contribution in [0, 0.1) is 28.5 Å². The van der Waals surface area contributed by atoms with Gasteiger partial charge in [0.2, 0.25) is 0 Å². The largest absolute Gasteiger partial charge is 0.494 e. The minimum atomic E-state index is -0.855. The van der Waals surface area contributed by atoms with Crippen molar-refractivity contribution in [3.63, 3.8) is 0 Å². The maximum absolute atomic E-state index is 14.9. The van der Waals surface area contributed by atoms with Gasteiger partial charge in [-0.25, -0.2) is 13.8 Å². The summed E-state index contributed by atoms with van der Waals surface area (Å²) < 4.78 is 39.3. The van der Waals surface area contributed by atoms with E-state index >= 15 is 0 Å². The van der Waals surface area contributed by atoms with E-state index in [2.05, 4.69) is 18.1 Å². The Morgan fingerprint density at radius 3 is 2.36 bits per heavy atom. The standard InChI is InChI=1S/C21H15F2N3O2/c1-5-14(16(22)6-2)19-18(23)21(28-4)15-8-7-12(9-17(15)26-19)20(27-3)13(10-24)11-25/h5-9H,1-2H2,3-4H3/b16-14-. The summed E-state index contributed by atoms with van der Waals surface area (Å²) in [5, 5.41) is 18.5. The lowest BCUT2D eigenvalue weighted by atomic mass is 10.0. The Labute approximate surface area is 160 Å². The fourth-order valence-corrected chi connectivity index (χ4v) is 2.64. The zero-order chi connectivity index (χ0) is 20.8. The van der Waals surface area contributed by atoms with Crippen LogP contribution in [0.5, 0.6) is 5.75 Å². The summed E-state index contributed by atoms with van der Waals surface area (Å²) in [7, 11) is 2.59. The summed E-state index contributed by atoms with van der Waals surface area (Å²) in [6, 6.07) is 8.03. The number of methoxy groups -OCH3 is 2. The smallest absolute Gasteiger partial charge is 0.192 e. The highest BCUT2D eigenvalue weighted by Crippen LogP contribution is 2.35. The molecule has 0 spiro atoms. The van der Waals surface area contributed by atoms with E-state index in [0.717, 1.165) is 12.2 Å². The number of pyridine rings is 1. The first-order valence-corrected chi connectivity index (χ1v) is 7.88. The number of ether oxygens (including phenoxy) is 2. The van der Waals surface area contributed by atoms with Gasteiger partial charge in [-0.2, -0.15) is 10.5 Å². The van der Waals surface area contributed by atoms with Gasteiger partial charge < -0.3 is 9.47 Å². The zero-order valence-corrected chi connectivity index (χ0v) is 15.2. The van der Waals surface area contributed by atoms with Crippen LogP contribution in [0.1, 0.15) is 11.3 Å². The molecule has 7 heteroatoms. The number of allylic oxidation sites excluding steroid dienone is 5. The number of halogens is 2. The normalized spacial score (nSPS) is 10.9. The molecule has 0 radical (unpaired) electrons. The van der Waals surface area contributed by atoms with Crippen molar-refractivity contribution in [1.29, 1.82) is 10.5 Å². The Hall–Kier alpha value is -3.97. The fourth-order valence-electron chi connectivity index (χ4n) is 2.64. The highest BCUT2D eigenvalue weighted by Gasteiger charge is 2.21. The summed E-state index contributed by atoms with van der Waals surface area (Å²) >= 11 is 0. The van der Waals surface area contributed by atoms with Gasteiger partial charge in [-0.3, -0.25) is 0 Å². The molecule has 1 heterocycles. The lowest BCUT2D eigenvalue weighted by molar-refractivity contribution is 0.369. The molecule has 0 atom stereocenters. The van der Waals surface area contributed by atoms with Crippen molar-refractivity contribution in [3.05, 3.63) is 72.0 Å². The van der Waals surface area contributed by atoms with Crippen LogP contribution in [-0.4, -0.2) is 19.2 Å². The Kier molecular flexibility index (Phi) is 6.26. The average Bonchev–Trinajstić information content (AvgIpc) is 2.72. The van der Waals surface area contributed by atoms with Gasteiger partial charge in [-0.05, 0) is 18.2 Å². The highest BCUT2D eigenvalue weighted by atomic mass is 19.1. The predicted octanol–water partition coefficient (Wildman–Crippen LogP) is 4.84. The maximum Gasteiger partial charge on any atom is 0.192 e. The molecule has 0 aliphatic carbocycles. The Balaban J connectivity index is 2.92. The Morgan fingerprint density at radius 2 is 1.86 bits per heavy atom. The van der Waals surface area contributed by atoms with Crippen LogP contribution in [0.25, 0.3) is 22.2 Å². The molecule has 1 aromatic heterocycles. The zero-order valence-electron chi connectivity index (χ0n) is 15.2. The van der Waals surface area contributed by atoms with Gasteiger partial charge in [0.05, 0.1) is 19.7 Å². The van der Waals surface area contributed by atoms with E-state index in [9.17, 15) is 8.78 Å². The van der Waals surface area contributed by atoms with Gasteiger partial charge in [-0.15, -0.1) is 0 Å². The van der Waals surface area contributed by atoms with E-state index < -0.39 is 11.6 Å². The maximum atomic E-state index is 14.9. The van der Waals surface area contributed by atoms with Gasteiger partial charge in [0.1, 0.15) is 23.7 Å². The van der Waals surface area contributed by atoms with Crippen molar-refractivity contribution in [1.82, 2.24) is 4.98 Å². The minimum absolute atomic E-state index is 0.0373. The van der Waals surface area contributed by atoms with E-state index in [4.69, 9.17) is 20.0 Å². The van der Waals surface area contributed by atoms with Gasteiger partial charge in [0.25, 0.3) is 0 Å². The average molecular weight is 379 g/mol. The molecule has 0 N–H and O–H groups in total. The summed E-state index contributed by atoms with van der Waals surface area (Å²) in [6.07, 6.45) is 2.05. The van der Waals surface area contributed by atoms with Crippen LogP contribution in [0.3, 0.4) is 0 Å². The van der Waals surface area contributed by atoms with Crippen LogP contribution >= 0.6 is 0 Å². The van der Waals surface area contributed by atoms with Crippen molar-refractivity contribution in [2.45, 2.75) is 0 Å². The molecule has 2 rings (SSSR count). The third-order valence-corrected chi connectivity index (χ3v) is 3.90. The number of nitrogens with zero attached hydrogens (tertiary/aromatic N) is 3. The minimum Gasteiger partial charge on any atom is -0.494 e. The van der Waals surface area contributed by atoms with Crippen molar-refractivity contribution in [2.24, 2.45) is 0 Å². The van der Waals surface area contributed by atoms with Gasteiger partial charge in [0, 0.05) is 16.5 Å². The van der Waals surface area contributed by atoms with Crippen molar-refractivity contribution >= 4 is 22.2 Å². The van der Waals surface area contributed by atoms with Crippen molar-refractivity contribution in [3.8, 4) is 17.9 Å². The SMILES string of the molecule is C=C/C(F)=C(\C=C)c1nc2cc(C(OC)=C(C#N)C#N)ccc2c(OC)c1F. The highest BCUT2D eigenvalue weighted by molar-refractivity contribution is 5.91. The molecular formula is C21H15F2N3O2. The molecule has 0 aliphatic heterocycles. The lowest BCUT2D eigenvalue weighted by Gasteiger charge is -2.13. The predicted molar refractivity (Wildman–Crippen MR) is 102 cm³/mol. The van der Waals surface area contributed by atoms with E-state index in [1.165, 1.54) is 32.4 Å². The molecule has 0 aliphatic rings. The third kappa shape index (κ3) is 3.46. The summed E-state index contributed by atoms with van der Waals surface area (Å²) in [5.74, 6) is -1.75. The molecule has 5 nitrogen and oxygen atoms in total. The molecule has 0 saturated carbocycles. The molecule has 1 aromatic carbocycles. The fraction of sp³-hybridized carbons (Fsp3) is 0.0952. The van der Waals surface area contributed by atoms with Crippen LogP contribution in [0.4, 0.5) is 8.78 Å². The summed E-state index contributed by atoms with van der Waals surface area (Å²) in [5.41, 5.74) is -0.117. The van der Waals surface area contributed by atoms with Gasteiger partial charge in [0.15, 0.2) is 22.9 Å². The first-order valence-electron chi connectivity index (χ1n) is 7.88. The Morgan fingerprint density at radius 1 is 1.18 bits per heavy atom. The first kappa shape index (κ1) is 20.3. The molecular weight excluding hydrogens is 364 g/mol. The molecule has 0 bridgehead atoms. The molecule has 2 aromatic rings. The van der Waals surface area contributed by atoms with E-state index in [1.54, 1.807) is 12.1 Å². The van der Waals surface area contributed by atoms with E-state index in [0.29, 0.717) is 10.9 Å². The molecule has 0 amide bonds. The second-order valence-corrected chi connectivity index (χ2v) is 5.34. The second kappa shape index (κ2) is 8.61. The van der Waals surface area contributed by atoms with E-state index in [1.807, 2.05) is 0 Å². The molecule has 0 saturated heterocycles. The third-order valence-electron chi connectivity index (χ3n) is 3.90. The van der Waals surface area contributed by atoms with Gasteiger partial charge >= 0.3 is 0 Å². The van der Waals surface area contributed by atoms with Crippen LogP contribution in [-0.2, 0) is 4.74 Å². The van der Waals surface area contributed by atoms with Crippen LogP contribution in [0.2, 0.25) is 0 Å². The number of rotatable bonds is 6. The van der Waals surface area contributed by atoms with Gasteiger partial charge in [-0.1, -0.05) is 25.3 Å². The number of fused-ring (bicyclic) bond motifs is 1. The monoisotopic (exact) mass is 379 g/mol. The second-order valence-electron chi connectivity index (χ2n) is 5.34. The molecule has 0 fully saturated rings. The van der Waals surface area contributed by atoms with Crippen molar-refractivity contribution in [2.75, 3.05) is 14.2 Å². The Bertz CT molecular complexity index is 1100. The number of hydrogen-bond donors (Lipinski definition) is 0. The van der Waals surface area contributed by atoms with Crippen LogP contribution in [0.15, 0.2) is 54.9 Å².